The van der Waals surface area contributed by atoms with E-state index in [1.54, 1.807) is 11.8 Å². The summed E-state index contributed by atoms with van der Waals surface area (Å²) in [5, 5.41) is 12.7. The SMILES string of the molecule is CC[C@@H](C(=O)NCc1cccc(OC)c1)n1nc(C)c2c(C)n(-c3ccccc3)nc2c1=O. The Labute approximate surface area is 191 Å². The van der Waals surface area contributed by atoms with Gasteiger partial charge in [0.05, 0.1) is 29.6 Å². The molecule has 0 radical (unpaired) electrons. The molecule has 0 unspecified atom stereocenters. The number of fused-ring (bicyclic) bond motifs is 1. The zero-order valence-corrected chi connectivity index (χ0v) is 19.2. The molecule has 2 heterocycles. The predicted molar refractivity (Wildman–Crippen MR) is 127 cm³/mol. The second-order valence-electron chi connectivity index (χ2n) is 7.88. The number of rotatable bonds is 7. The molecule has 33 heavy (non-hydrogen) atoms. The van der Waals surface area contributed by atoms with E-state index < -0.39 is 6.04 Å². The van der Waals surface area contributed by atoms with Crippen molar-refractivity contribution >= 4 is 16.8 Å². The quantitative estimate of drug-likeness (QED) is 0.470. The highest BCUT2D eigenvalue weighted by molar-refractivity contribution is 5.84. The largest absolute Gasteiger partial charge is 0.497 e. The van der Waals surface area contributed by atoms with Crippen molar-refractivity contribution in [1.82, 2.24) is 24.9 Å². The number of para-hydroxylation sites is 1. The first-order valence-electron chi connectivity index (χ1n) is 10.9. The molecule has 0 fully saturated rings. The van der Waals surface area contributed by atoms with Gasteiger partial charge in [-0.25, -0.2) is 9.36 Å². The summed E-state index contributed by atoms with van der Waals surface area (Å²) in [6, 6.07) is 16.4. The number of methoxy groups -OCH3 is 1. The number of amides is 1. The number of aromatic nitrogens is 4. The summed E-state index contributed by atoms with van der Waals surface area (Å²) in [6.45, 7) is 5.93. The smallest absolute Gasteiger partial charge is 0.295 e. The molecule has 8 nitrogen and oxygen atoms in total. The van der Waals surface area contributed by atoms with Gasteiger partial charge in [-0.2, -0.15) is 10.2 Å². The maximum Gasteiger partial charge on any atom is 0.295 e. The van der Waals surface area contributed by atoms with Crippen LogP contribution in [-0.4, -0.2) is 32.6 Å². The number of carbonyl (C=O) groups excluding carboxylic acids is 1. The van der Waals surface area contributed by atoms with E-state index in [4.69, 9.17) is 4.74 Å². The first kappa shape index (κ1) is 22.3. The van der Waals surface area contributed by atoms with E-state index in [2.05, 4.69) is 15.5 Å². The molecule has 1 atom stereocenters. The summed E-state index contributed by atoms with van der Waals surface area (Å²) >= 11 is 0. The maximum atomic E-state index is 13.4. The second-order valence-corrected chi connectivity index (χ2v) is 7.88. The van der Waals surface area contributed by atoms with Crippen LogP contribution in [0.2, 0.25) is 0 Å². The molecule has 2 aromatic heterocycles. The van der Waals surface area contributed by atoms with Crippen LogP contribution in [0.5, 0.6) is 5.75 Å². The molecule has 1 amide bonds. The molecule has 2 aromatic carbocycles. The van der Waals surface area contributed by atoms with Gasteiger partial charge in [-0.3, -0.25) is 9.59 Å². The van der Waals surface area contributed by atoms with Crippen LogP contribution in [-0.2, 0) is 11.3 Å². The van der Waals surface area contributed by atoms with Crippen LogP contribution in [0.4, 0.5) is 0 Å². The van der Waals surface area contributed by atoms with Crippen molar-refractivity contribution in [1.29, 1.82) is 0 Å². The summed E-state index contributed by atoms with van der Waals surface area (Å²) in [5.74, 6) is 0.449. The van der Waals surface area contributed by atoms with Crippen LogP contribution in [0.25, 0.3) is 16.6 Å². The second kappa shape index (κ2) is 9.28. The maximum absolute atomic E-state index is 13.4. The molecule has 0 saturated carbocycles. The van der Waals surface area contributed by atoms with Crippen LogP contribution >= 0.6 is 0 Å². The van der Waals surface area contributed by atoms with Crippen LogP contribution in [0, 0.1) is 13.8 Å². The molecule has 1 N–H and O–H groups in total. The summed E-state index contributed by atoms with van der Waals surface area (Å²) < 4.78 is 8.25. The average molecular weight is 446 g/mol. The van der Waals surface area contributed by atoms with Crippen molar-refractivity contribution in [2.75, 3.05) is 7.11 Å². The molecule has 8 heteroatoms. The highest BCUT2D eigenvalue weighted by atomic mass is 16.5. The van der Waals surface area contributed by atoms with Crippen molar-refractivity contribution in [2.24, 2.45) is 0 Å². The Balaban J connectivity index is 1.68. The van der Waals surface area contributed by atoms with Crippen molar-refractivity contribution in [3.8, 4) is 11.4 Å². The topological polar surface area (TPSA) is 91.0 Å². The molecule has 0 aliphatic rings. The fraction of sp³-hybridized carbons (Fsp3) is 0.280. The predicted octanol–water partition coefficient (Wildman–Crippen LogP) is 3.48. The molecule has 4 rings (SSSR count). The average Bonchev–Trinajstić information content (AvgIpc) is 3.20. The fourth-order valence-corrected chi connectivity index (χ4v) is 4.04. The number of nitrogens with one attached hydrogen (secondary N) is 1. The zero-order chi connectivity index (χ0) is 23.5. The Morgan fingerprint density at radius 2 is 1.85 bits per heavy atom. The van der Waals surface area contributed by atoms with Gasteiger partial charge in [-0.05, 0) is 50.1 Å². The molecule has 0 bridgehead atoms. The number of benzene rings is 2. The van der Waals surface area contributed by atoms with Gasteiger partial charge < -0.3 is 10.1 Å². The summed E-state index contributed by atoms with van der Waals surface area (Å²) in [5.41, 5.74) is 3.19. The van der Waals surface area contributed by atoms with Crippen LogP contribution < -0.4 is 15.6 Å². The van der Waals surface area contributed by atoms with E-state index in [1.807, 2.05) is 75.4 Å². The standard InChI is InChI=1S/C25H27N5O3/c1-5-21(24(31)26-15-18-10-9-13-20(14-18)33-4)30-25(32)23-22(16(2)27-30)17(3)29(28-23)19-11-7-6-8-12-19/h6-14,21H,5,15H2,1-4H3,(H,26,31)/t21-/m0/s1. The fourth-order valence-electron chi connectivity index (χ4n) is 4.04. The Morgan fingerprint density at radius 1 is 1.09 bits per heavy atom. The van der Waals surface area contributed by atoms with Crippen molar-refractivity contribution < 1.29 is 9.53 Å². The van der Waals surface area contributed by atoms with Gasteiger partial charge >= 0.3 is 0 Å². The van der Waals surface area contributed by atoms with E-state index in [9.17, 15) is 9.59 Å². The van der Waals surface area contributed by atoms with E-state index in [0.717, 1.165) is 22.7 Å². The Morgan fingerprint density at radius 3 is 2.55 bits per heavy atom. The lowest BCUT2D eigenvalue weighted by Gasteiger charge is -2.17. The molecular formula is C25H27N5O3. The molecule has 4 aromatic rings. The van der Waals surface area contributed by atoms with Gasteiger partial charge in [0, 0.05) is 6.54 Å². The van der Waals surface area contributed by atoms with E-state index in [-0.39, 0.29) is 11.5 Å². The van der Waals surface area contributed by atoms with Gasteiger partial charge in [-0.15, -0.1) is 0 Å². The number of hydrogen-bond donors (Lipinski definition) is 1. The third-order valence-corrected chi connectivity index (χ3v) is 5.73. The van der Waals surface area contributed by atoms with Gasteiger partial charge in [0.1, 0.15) is 11.8 Å². The Kier molecular flexibility index (Phi) is 6.26. The van der Waals surface area contributed by atoms with Gasteiger partial charge in [0.2, 0.25) is 5.91 Å². The lowest BCUT2D eigenvalue weighted by Crippen LogP contribution is -2.38. The highest BCUT2D eigenvalue weighted by Crippen LogP contribution is 2.22. The Hall–Kier alpha value is -3.94. The monoisotopic (exact) mass is 445 g/mol. The van der Waals surface area contributed by atoms with E-state index in [0.29, 0.717) is 29.6 Å². The number of aryl methyl sites for hydroxylation is 2. The molecule has 0 aliphatic carbocycles. The first-order chi connectivity index (χ1) is 15.9. The molecule has 0 aliphatic heterocycles. The van der Waals surface area contributed by atoms with E-state index in [1.165, 1.54) is 4.68 Å². The van der Waals surface area contributed by atoms with Gasteiger partial charge in [0.15, 0.2) is 5.52 Å². The molecule has 0 saturated heterocycles. The van der Waals surface area contributed by atoms with Gasteiger partial charge in [-0.1, -0.05) is 37.3 Å². The molecule has 0 spiro atoms. The highest BCUT2D eigenvalue weighted by Gasteiger charge is 2.25. The minimum atomic E-state index is -0.742. The van der Waals surface area contributed by atoms with Gasteiger partial charge in [0.25, 0.3) is 5.56 Å². The lowest BCUT2D eigenvalue weighted by atomic mass is 10.1. The lowest BCUT2D eigenvalue weighted by molar-refractivity contribution is -0.125. The van der Waals surface area contributed by atoms with E-state index >= 15 is 0 Å². The van der Waals surface area contributed by atoms with Crippen molar-refractivity contribution in [2.45, 2.75) is 39.8 Å². The number of carbonyl (C=O) groups is 1. The summed E-state index contributed by atoms with van der Waals surface area (Å²) in [4.78, 5) is 26.4. The molecular weight excluding hydrogens is 418 g/mol. The number of ether oxygens (including phenoxy) is 1. The minimum absolute atomic E-state index is 0.270. The Bertz CT molecular complexity index is 1360. The summed E-state index contributed by atoms with van der Waals surface area (Å²) in [6.07, 6.45) is 0.417. The van der Waals surface area contributed by atoms with Crippen LogP contribution in [0.1, 0.15) is 36.3 Å². The number of hydrogen-bond acceptors (Lipinski definition) is 5. The minimum Gasteiger partial charge on any atom is -0.497 e. The third kappa shape index (κ3) is 4.24. The normalized spacial score (nSPS) is 12.0. The van der Waals surface area contributed by atoms with Crippen molar-refractivity contribution in [3.05, 3.63) is 81.9 Å². The van der Waals surface area contributed by atoms with Crippen LogP contribution in [0.3, 0.4) is 0 Å². The third-order valence-electron chi connectivity index (χ3n) is 5.73. The first-order valence-corrected chi connectivity index (χ1v) is 10.9. The summed E-state index contributed by atoms with van der Waals surface area (Å²) in [7, 11) is 1.60. The zero-order valence-electron chi connectivity index (χ0n) is 19.2. The molecule has 170 valence electrons. The van der Waals surface area contributed by atoms with Crippen LogP contribution in [0.15, 0.2) is 59.4 Å². The van der Waals surface area contributed by atoms with Crippen molar-refractivity contribution in [3.63, 3.8) is 0 Å². The number of nitrogens with zero attached hydrogens (tertiary/aromatic N) is 4.